The minimum absolute atomic E-state index is 0.0437. The van der Waals surface area contributed by atoms with Gasteiger partial charge < -0.3 is 19.6 Å². The number of likely N-dealkylation sites (N-methyl/N-ethyl adjacent to an activating group) is 1. The Balaban J connectivity index is 2.08. The molecule has 0 aromatic heterocycles. The zero-order valence-corrected chi connectivity index (χ0v) is 20.6. The van der Waals surface area contributed by atoms with Crippen molar-refractivity contribution < 1.29 is 24.4 Å². The summed E-state index contributed by atoms with van der Waals surface area (Å²) < 4.78 is 5.80. The van der Waals surface area contributed by atoms with E-state index >= 15 is 0 Å². The Bertz CT molecular complexity index is 1150. The smallest absolute Gasteiger partial charge is 0.295 e. The lowest BCUT2D eigenvalue weighted by molar-refractivity contribution is -0.384. The van der Waals surface area contributed by atoms with Crippen molar-refractivity contribution in [1.29, 1.82) is 0 Å². The van der Waals surface area contributed by atoms with E-state index in [-0.39, 0.29) is 23.6 Å². The number of aryl methyl sites for hydroxylation is 1. The van der Waals surface area contributed by atoms with Gasteiger partial charge in [0, 0.05) is 30.8 Å². The fourth-order valence-corrected chi connectivity index (χ4v) is 3.91. The van der Waals surface area contributed by atoms with Crippen molar-refractivity contribution in [3.8, 4) is 5.75 Å². The zero-order chi connectivity index (χ0) is 25.9. The molecular weight excluding hydrogens is 450 g/mol. The highest BCUT2D eigenvalue weighted by atomic mass is 16.6. The summed E-state index contributed by atoms with van der Waals surface area (Å²) in [6.07, 6.45) is 0. The molecule has 0 aliphatic carbocycles. The molecule has 1 atom stereocenters. The van der Waals surface area contributed by atoms with Crippen LogP contribution >= 0.6 is 0 Å². The molecule has 35 heavy (non-hydrogen) atoms. The molecule has 186 valence electrons. The van der Waals surface area contributed by atoms with Crippen LogP contribution in [-0.2, 0) is 9.59 Å². The van der Waals surface area contributed by atoms with Crippen LogP contribution in [0, 0.1) is 23.0 Å². The molecule has 1 saturated heterocycles. The summed E-state index contributed by atoms with van der Waals surface area (Å²) >= 11 is 0. The first-order valence-corrected chi connectivity index (χ1v) is 11.4. The number of nitro benzene ring substituents is 1. The van der Waals surface area contributed by atoms with Crippen molar-refractivity contribution >= 4 is 23.1 Å². The van der Waals surface area contributed by atoms with Gasteiger partial charge in [-0.25, -0.2) is 0 Å². The maximum atomic E-state index is 13.1. The van der Waals surface area contributed by atoms with Crippen LogP contribution in [0.3, 0.4) is 0 Å². The summed E-state index contributed by atoms with van der Waals surface area (Å²) in [4.78, 5) is 40.0. The van der Waals surface area contributed by atoms with Crippen molar-refractivity contribution in [2.45, 2.75) is 26.8 Å². The number of aliphatic hydroxyl groups is 1. The van der Waals surface area contributed by atoms with Crippen molar-refractivity contribution in [3.63, 3.8) is 0 Å². The lowest BCUT2D eigenvalue weighted by Gasteiger charge is -2.26. The lowest BCUT2D eigenvalue weighted by Crippen LogP contribution is -2.35. The highest BCUT2D eigenvalue weighted by Gasteiger charge is 2.46. The Morgan fingerprint density at radius 2 is 1.83 bits per heavy atom. The molecule has 9 nitrogen and oxygen atoms in total. The first kappa shape index (κ1) is 25.9. The Morgan fingerprint density at radius 3 is 2.37 bits per heavy atom. The van der Waals surface area contributed by atoms with Gasteiger partial charge in [-0.1, -0.05) is 13.8 Å². The number of benzene rings is 2. The fraction of sp³-hybridized carbons (Fsp3) is 0.385. The van der Waals surface area contributed by atoms with Crippen LogP contribution in [0.15, 0.2) is 48.0 Å². The number of ether oxygens (including phenoxy) is 1. The number of carbonyl (C=O) groups is 2. The van der Waals surface area contributed by atoms with E-state index in [1.54, 1.807) is 18.2 Å². The van der Waals surface area contributed by atoms with Gasteiger partial charge in [0.05, 0.1) is 23.1 Å². The normalized spacial score (nSPS) is 17.5. The summed E-state index contributed by atoms with van der Waals surface area (Å²) in [5.41, 5.74) is 1.52. The van der Waals surface area contributed by atoms with Gasteiger partial charge in [0.25, 0.3) is 17.4 Å². The van der Waals surface area contributed by atoms with E-state index in [2.05, 4.69) is 0 Å². The third kappa shape index (κ3) is 5.68. The molecular formula is C26H31N3O6. The summed E-state index contributed by atoms with van der Waals surface area (Å²) in [5, 5.41) is 22.3. The SMILES string of the molecule is Cc1cc(C(O)=C2C(=O)C(=O)N(CCN(C)C)[C@H]2c2ccc([N+](=O)[O-])cc2)ccc1OCC(C)C. The fourth-order valence-electron chi connectivity index (χ4n) is 3.91. The van der Waals surface area contributed by atoms with E-state index in [0.29, 0.717) is 35.9 Å². The van der Waals surface area contributed by atoms with Gasteiger partial charge in [0.15, 0.2) is 0 Å². The number of rotatable bonds is 9. The third-order valence-corrected chi connectivity index (χ3v) is 5.77. The molecule has 1 heterocycles. The van der Waals surface area contributed by atoms with Gasteiger partial charge in [-0.15, -0.1) is 0 Å². The van der Waals surface area contributed by atoms with E-state index in [4.69, 9.17) is 4.74 Å². The second-order valence-electron chi connectivity index (χ2n) is 9.33. The Morgan fingerprint density at radius 1 is 1.17 bits per heavy atom. The molecule has 1 aliphatic heterocycles. The van der Waals surface area contributed by atoms with Crippen LogP contribution in [0.2, 0.25) is 0 Å². The number of amides is 1. The average Bonchev–Trinajstić information content (AvgIpc) is 3.06. The van der Waals surface area contributed by atoms with E-state index in [1.165, 1.54) is 29.2 Å². The molecule has 2 aromatic rings. The van der Waals surface area contributed by atoms with Crippen LogP contribution in [-0.4, -0.2) is 65.3 Å². The molecule has 1 amide bonds. The first-order valence-electron chi connectivity index (χ1n) is 11.4. The predicted octanol–water partition coefficient (Wildman–Crippen LogP) is 3.92. The standard InChI is InChI=1S/C26H31N3O6/c1-16(2)15-35-21-11-8-19(14-17(21)3)24(30)22-23(18-6-9-20(10-7-18)29(33)34)28(13-12-27(4)5)26(32)25(22)31/h6-11,14,16,23,30H,12-13,15H2,1-5H3/t23-/m0/s1. The molecule has 9 heteroatoms. The van der Waals surface area contributed by atoms with Gasteiger partial charge >= 0.3 is 0 Å². The minimum Gasteiger partial charge on any atom is -0.507 e. The van der Waals surface area contributed by atoms with Crippen LogP contribution in [0.1, 0.15) is 36.6 Å². The Kier molecular flexibility index (Phi) is 7.91. The second kappa shape index (κ2) is 10.7. The van der Waals surface area contributed by atoms with Gasteiger partial charge in [-0.2, -0.15) is 0 Å². The molecule has 3 rings (SSSR count). The van der Waals surface area contributed by atoms with Crippen LogP contribution in [0.25, 0.3) is 5.76 Å². The number of nitrogens with zero attached hydrogens (tertiary/aromatic N) is 3. The zero-order valence-electron chi connectivity index (χ0n) is 20.6. The van der Waals surface area contributed by atoms with E-state index < -0.39 is 22.7 Å². The minimum atomic E-state index is -0.868. The van der Waals surface area contributed by atoms with Crippen LogP contribution in [0.5, 0.6) is 5.75 Å². The summed E-state index contributed by atoms with van der Waals surface area (Å²) in [6, 6.07) is 9.91. The van der Waals surface area contributed by atoms with E-state index in [9.17, 15) is 24.8 Å². The number of Topliss-reactive ketones (excluding diaryl/α,β-unsaturated/α-hetero) is 1. The molecule has 0 radical (unpaired) electrons. The van der Waals surface area contributed by atoms with Crippen molar-refractivity contribution in [2.75, 3.05) is 33.8 Å². The second-order valence-corrected chi connectivity index (χ2v) is 9.33. The lowest BCUT2D eigenvalue weighted by atomic mass is 9.94. The molecule has 0 unspecified atom stereocenters. The Hall–Kier alpha value is -3.72. The van der Waals surface area contributed by atoms with Crippen molar-refractivity contribution in [2.24, 2.45) is 5.92 Å². The number of non-ortho nitro benzene ring substituents is 1. The number of hydrogen-bond acceptors (Lipinski definition) is 7. The number of ketones is 1. The van der Waals surface area contributed by atoms with Crippen molar-refractivity contribution in [3.05, 3.63) is 74.8 Å². The monoisotopic (exact) mass is 481 g/mol. The Labute approximate surface area is 204 Å². The maximum absolute atomic E-state index is 13.1. The predicted molar refractivity (Wildman–Crippen MR) is 132 cm³/mol. The van der Waals surface area contributed by atoms with Crippen molar-refractivity contribution in [1.82, 2.24) is 9.80 Å². The van der Waals surface area contributed by atoms with Gasteiger partial charge in [0.1, 0.15) is 11.5 Å². The quantitative estimate of drug-likeness (QED) is 0.190. The average molecular weight is 482 g/mol. The van der Waals surface area contributed by atoms with Crippen LogP contribution in [0.4, 0.5) is 5.69 Å². The molecule has 0 spiro atoms. The molecule has 1 aliphatic rings. The summed E-state index contributed by atoms with van der Waals surface area (Å²) in [7, 11) is 3.70. The molecule has 1 fully saturated rings. The highest BCUT2D eigenvalue weighted by molar-refractivity contribution is 6.46. The summed E-state index contributed by atoms with van der Waals surface area (Å²) in [6.45, 7) is 7.22. The van der Waals surface area contributed by atoms with Gasteiger partial charge in [-0.05, 0) is 68.4 Å². The summed E-state index contributed by atoms with van der Waals surface area (Å²) in [5.74, 6) is -0.777. The highest BCUT2D eigenvalue weighted by Crippen LogP contribution is 2.40. The molecule has 0 bridgehead atoms. The number of likely N-dealkylation sites (tertiary alicyclic amines) is 1. The molecule has 2 aromatic carbocycles. The number of carbonyl (C=O) groups excluding carboxylic acids is 2. The van der Waals surface area contributed by atoms with E-state index in [1.807, 2.05) is 39.8 Å². The number of aliphatic hydroxyl groups excluding tert-OH is 1. The molecule has 1 N–H and O–H groups in total. The number of nitro groups is 1. The largest absolute Gasteiger partial charge is 0.507 e. The first-order chi connectivity index (χ1) is 16.5. The topological polar surface area (TPSA) is 113 Å². The molecule has 0 saturated carbocycles. The van der Waals surface area contributed by atoms with E-state index in [0.717, 1.165) is 5.56 Å². The maximum Gasteiger partial charge on any atom is 0.295 e. The number of hydrogen-bond donors (Lipinski definition) is 1. The third-order valence-electron chi connectivity index (χ3n) is 5.77. The van der Waals surface area contributed by atoms with Gasteiger partial charge in [0.2, 0.25) is 0 Å². The van der Waals surface area contributed by atoms with Gasteiger partial charge in [-0.3, -0.25) is 19.7 Å². The van der Waals surface area contributed by atoms with Crippen LogP contribution < -0.4 is 4.74 Å².